The van der Waals surface area contributed by atoms with Crippen LogP contribution in [0.25, 0.3) is 0 Å². The third-order valence-electron chi connectivity index (χ3n) is 1.99. The molecule has 0 amide bonds. The fraction of sp³-hybridized carbons (Fsp3) is 0.200. The van der Waals surface area contributed by atoms with Gasteiger partial charge in [0.25, 0.3) is 0 Å². The Morgan fingerprint density at radius 3 is 2.88 bits per heavy atom. The van der Waals surface area contributed by atoms with E-state index in [1.807, 2.05) is 0 Å². The highest BCUT2D eigenvalue weighted by Gasteiger charge is 2.01. The third kappa shape index (κ3) is 2.70. The first-order valence-corrected chi connectivity index (χ1v) is 5.06. The lowest BCUT2D eigenvalue weighted by atomic mass is 10.3. The van der Waals surface area contributed by atoms with Crippen LogP contribution in [0.1, 0.15) is 5.69 Å². The van der Waals surface area contributed by atoms with Gasteiger partial charge in [-0.15, -0.1) is 5.10 Å². The van der Waals surface area contributed by atoms with Gasteiger partial charge >= 0.3 is 0 Å². The summed E-state index contributed by atoms with van der Waals surface area (Å²) in [5.74, 6) is -0.367. The minimum Gasteiger partial charge on any atom is -0.379 e. The second-order valence-corrected chi connectivity index (χ2v) is 3.83. The van der Waals surface area contributed by atoms with Crippen LogP contribution in [0.5, 0.6) is 0 Å². The molecule has 16 heavy (non-hydrogen) atoms. The van der Waals surface area contributed by atoms with E-state index in [2.05, 4.69) is 15.6 Å². The Balaban J connectivity index is 2.04. The monoisotopic (exact) mass is 240 g/mol. The molecule has 0 bridgehead atoms. The number of aryl methyl sites for hydroxylation is 1. The van der Waals surface area contributed by atoms with Crippen molar-refractivity contribution >= 4 is 17.3 Å². The average Bonchev–Trinajstić information content (AvgIpc) is 2.60. The van der Waals surface area contributed by atoms with Crippen molar-refractivity contribution in [2.45, 2.75) is 6.54 Å². The van der Waals surface area contributed by atoms with E-state index in [0.29, 0.717) is 17.3 Å². The average molecular weight is 241 g/mol. The molecule has 0 radical (unpaired) electrons. The van der Waals surface area contributed by atoms with Crippen molar-refractivity contribution in [2.75, 3.05) is 5.32 Å². The number of aromatic nitrogens is 3. The van der Waals surface area contributed by atoms with Crippen LogP contribution in [0.3, 0.4) is 0 Å². The number of rotatable bonds is 3. The van der Waals surface area contributed by atoms with E-state index in [-0.39, 0.29) is 5.82 Å². The molecule has 0 saturated carbocycles. The van der Waals surface area contributed by atoms with E-state index in [9.17, 15) is 4.39 Å². The highest BCUT2D eigenvalue weighted by atomic mass is 35.5. The molecule has 0 aliphatic heterocycles. The number of nitrogens with one attached hydrogen (secondary N) is 1. The Morgan fingerprint density at radius 2 is 2.25 bits per heavy atom. The van der Waals surface area contributed by atoms with Crippen molar-refractivity contribution in [3.8, 4) is 0 Å². The SMILES string of the molecule is Cn1cc(CNc2cc(F)cc(Cl)c2)nn1. The Labute approximate surface area is 97.0 Å². The first-order chi connectivity index (χ1) is 7.63. The summed E-state index contributed by atoms with van der Waals surface area (Å²) < 4.78 is 14.6. The maximum atomic E-state index is 13.0. The normalized spacial score (nSPS) is 10.4. The zero-order chi connectivity index (χ0) is 11.5. The number of halogens is 2. The summed E-state index contributed by atoms with van der Waals surface area (Å²) in [6.45, 7) is 0.480. The second-order valence-electron chi connectivity index (χ2n) is 3.40. The highest BCUT2D eigenvalue weighted by molar-refractivity contribution is 6.30. The van der Waals surface area contributed by atoms with E-state index in [4.69, 9.17) is 11.6 Å². The Kier molecular flexibility index (Phi) is 3.05. The summed E-state index contributed by atoms with van der Waals surface area (Å²) in [4.78, 5) is 0. The molecule has 0 aliphatic rings. The van der Waals surface area contributed by atoms with Crippen LogP contribution in [0.4, 0.5) is 10.1 Å². The summed E-state index contributed by atoms with van der Waals surface area (Å²) in [6.07, 6.45) is 1.79. The number of nitrogens with zero attached hydrogens (tertiary/aromatic N) is 3. The molecule has 2 aromatic rings. The molecule has 2 rings (SSSR count). The number of benzene rings is 1. The van der Waals surface area contributed by atoms with Gasteiger partial charge in [0.15, 0.2) is 0 Å². The van der Waals surface area contributed by atoms with Crippen LogP contribution in [0, 0.1) is 5.82 Å². The summed E-state index contributed by atoms with van der Waals surface area (Å²) in [7, 11) is 1.79. The summed E-state index contributed by atoms with van der Waals surface area (Å²) in [6, 6.07) is 4.29. The molecule has 1 aromatic carbocycles. The summed E-state index contributed by atoms with van der Waals surface area (Å²) in [5, 5.41) is 11.1. The summed E-state index contributed by atoms with van der Waals surface area (Å²) in [5.41, 5.74) is 1.40. The largest absolute Gasteiger partial charge is 0.379 e. The van der Waals surface area contributed by atoms with E-state index < -0.39 is 0 Å². The molecule has 1 aromatic heterocycles. The Bertz CT molecular complexity index is 477. The van der Waals surface area contributed by atoms with Crippen molar-refractivity contribution in [3.05, 3.63) is 40.9 Å². The quantitative estimate of drug-likeness (QED) is 0.895. The predicted molar refractivity (Wildman–Crippen MR) is 59.7 cm³/mol. The number of hydrogen-bond acceptors (Lipinski definition) is 3. The van der Waals surface area contributed by atoms with Gasteiger partial charge in [-0.25, -0.2) is 4.39 Å². The number of hydrogen-bond donors (Lipinski definition) is 1. The van der Waals surface area contributed by atoms with E-state index in [1.54, 1.807) is 24.0 Å². The van der Waals surface area contributed by atoms with Gasteiger partial charge in [-0.1, -0.05) is 16.8 Å². The number of anilines is 1. The summed E-state index contributed by atoms with van der Waals surface area (Å²) >= 11 is 5.72. The van der Waals surface area contributed by atoms with Crippen molar-refractivity contribution in [3.63, 3.8) is 0 Å². The molecule has 0 saturated heterocycles. The molecular weight excluding hydrogens is 231 g/mol. The maximum Gasteiger partial charge on any atom is 0.126 e. The minimum atomic E-state index is -0.367. The second kappa shape index (κ2) is 4.49. The first-order valence-electron chi connectivity index (χ1n) is 4.68. The van der Waals surface area contributed by atoms with Crippen LogP contribution in [0.2, 0.25) is 5.02 Å². The minimum absolute atomic E-state index is 0.363. The molecule has 0 spiro atoms. The smallest absolute Gasteiger partial charge is 0.126 e. The van der Waals surface area contributed by atoms with E-state index >= 15 is 0 Å². The molecule has 0 unspecified atom stereocenters. The molecule has 1 N–H and O–H groups in total. The van der Waals surface area contributed by atoms with Gasteiger partial charge in [-0.3, -0.25) is 4.68 Å². The fourth-order valence-corrected chi connectivity index (χ4v) is 1.55. The van der Waals surface area contributed by atoms with E-state index in [0.717, 1.165) is 5.69 Å². The topological polar surface area (TPSA) is 42.7 Å². The highest BCUT2D eigenvalue weighted by Crippen LogP contribution is 2.18. The van der Waals surface area contributed by atoms with Crippen LogP contribution in [0.15, 0.2) is 24.4 Å². The first kappa shape index (κ1) is 10.9. The van der Waals surface area contributed by atoms with Crippen LogP contribution in [-0.4, -0.2) is 15.0 Å². The zero-order valence-electron chi connectivity index (χ0n) is 8.61. The van der Waals surface area contributed by atoms with Crippen LogP contribution in [-0.2, 0) is 13.6 Å². The lowest BCUT2D eigenvalue weighted by molar-refractivity contribution is 0.628. The van der Waals surface area contributed by atoms with Crippen LogP contribution < -0.4 is 5.32 Å². The molecule has 0 aliphatic carbocycles. The molecule has 84 valence electrons. The van der Waals surface area contributed by atoms with Gasteiger partial charge in [0.1, 0.15) is 11.5 Å². The van der Waals surface area contributed by atoms with Gasteiger partial charge < -0.3 is 5.32 Å². The fourth-order valence-electron chi connectivity index (χ4n) is 1.32. The van der Waals surface area contributed by atoms with Gasteiger partial charge in [0.2, 0.25) is 0 Å². The van der Waals surface area contributed by atoms with E-state index in [1.165, 1.54) is 12.1 Å². The lowest BCUT2D eigenvalue weighted by Gasteiger charge is -2.04. The Morgan fingerprint density at radius 1 is 1.44 bits per heavy atom. The zero-order valence-corrected chi connectivity index (χ0v) is 9.37. The standard InChI is InChI=1S/C10H10ClFN4/c1-16-6-10(14-15-16)5-13-9-3-7(11)2-8(12)4-9/h2-4,6,13H,5H2,1H3. The van der Waals surface area contributed by atoms with Crippen molar-refractivity contribution in [1.29, 1.82) is 0 Å². The molecular formula is C10H10ClFN4. The van der Waals surface area contributed by atoms with Gasteiger partial charge in [0, 0.05) is 24.0 Å². The molecule has 0 atom stereocenters. The third-order valence-corrected chi connectivity index (χ3v) is 2.20. The molecule has 1 heterocycles. The van der Waals surface area contributed by atoms with Crippen molar-refractivity contribution in [2.24, 2.45) is 7.05 Å². The van der Waals surface area contributed by atoms with Gasteiger partial charge in [0.05, 0.1) is 6.54 Å². The predicted octanol–water partition coefficient (Wildman–Crippen LogP) is 2.22. The van der Waals surface area contributed by atoms with Crippen molar-refractivity contribution in [1.82, 2.24) is 15.0 Å². The molecule has 4 nitrogen and oxygen atoms in total. The van der Waals surface area contributed by atoms with Crippen molar-refractivity contribution < 1.29 is 4.39 Å². The molecule has 0 fully saturated rings. The van der Waals surface area contributed by atoms with Crippen LogP contribution >= 0.6 is 11.6 Å². The Hall–Kier alpha value is -1.62. The maximum absolute atomic E-state index is 13.0. The lowest BCUT2D eigenvalue weighted by Crippen LogP contribution is -2.00. The molecule has 6 heteroatoms. The van der Waals surface area contributed by atoms with Gasteiger partial charge in [-0.05, 0) is 18.2 Å². The van der Waals surface area contributed by atoms with Gasteiger partial charge in [-0.2, -0.15) is 0 Å².